The van der Waals surface area contributed by atoms with E-state index in [9.17, 15) is 4.79 Å². The number of rotatable bonds is 3. The van der Waals surface area contributed by atoms with Crippen LogP contribution in [-0.4, -0.2) is 51.5 Å². The Labute approximate surface area is 150 Å². The number of aromatic nitrogens is 3. The molecule has 0 spiro atoms. The highest BCUT2D eigenvalue weighted by molar-refractivity contribution is 5.74. The minimum absolute atomic E-state index is 0.0347. The SMILES string of the molecule is CC(C)(C)n1ncnc1CNC(=O)N1CCO[C@H](C2CCCCC2)C1. The summed E-state index contributed by atoms with van der Waals surface area (Å²) >= 11 is 0. The van der Waals surface area contributed by atoms with E-state index in [4.69, 9.17) is 4.74 Å². The van der Waals surface area contributed by atoms with Crippen LogP contribution in [0.4, 0.5) is 4.79 Å². The van der Waals surface area contributed by atoms with Crippen LogP contribution in [0.2, 0.25) is 0 Å². The lowest BCUT2D eigenvalue weighted by Crippen LogP contribution is -2.51. The average molecular weight is 349 g/mol. The maximum atomic E-state index is 12.6. The molecule has 1 atom stereocenters. The number of hydrogen-bond acceptors (Lipinski definition) is 4. The Morgan fingerprint density at radius 1 is 1.32 bits per heavy atom. The molecule has 2 heterocycles. The van der Waals surface area contributed by atoms with Gasteiger partial charge in [0.2, 0.25) is 0 Å². The minimum Gasteiger partial charge on any atom is -0.374 e. The Morgan fingerprint density at radius 2 is 2.08 bits per heavy atom. The van der Waals surface area contributed by atoms with Crippen molar-refractivity contribution in [1.29, 1.82) is 0 Å². The monoisotopic (exact) mass is 349 g/mol. The number of urea groups is 1. The molecule has 0 aromatic carbocycles. The summed E-state index contributed by atoms with van der Waals surface area (Å²) in [6.07, 6.45) is 8.11. The van der Waals surface area contributed by atoms with Gasteiger partial charge in [0.1, 0.15) is 12.2 Å². The molecule has 7 nitrogen and oxygen atoms in total. The average Bonchev–Trinajstić information content (AvgIpc) is 3.09. The molecular weight excluding hydrogens is 318 g/mol. The zero-order chi connectivity index (χ0) is 17.9. The largest absolute Gasteiger partial charge is 0.374 e. The molecule has 1 N–H and O–H groups in total. The van der Waals surface area contributed by atoms with E-state index in [1.165, 1.54) is 32.1 Å². The van der Waals surface area contributed by atoms with Crippen molar-refractivity contribution >= 4 is 6.03 Å². The second-order valence-corrected chi connectivity index (χ2v) is 8.17. The third-order valence-electron chi connectivity index (χ3n) is 5.21. The molecule has 1 saturated heterocycles. The summed E-state index contributed by atoms with van der Waals surface area (Å²) in [5, 5.41) is 7.27. The number of nitrogens with one attached hydrogen (secondary N) is 1. The highest BCUT2D eigenvalue weighted by Gasteiger charge is 2.31. The van der Waals surface area contributed by atoms with Crippen molar-refractivity contribution in [2.45, 2.75) is 71.1 Å². The fraction of sp³-hybridized carbons (Fsp3) is 0.833. The molecule has 0 unspecified atom stereocenters. The maximum absolute atomic E-state index is 12.6. The van der Waals surface area contributed by atoms with Crippen LogP contribution in [0.5, 0.6) is 0 Å². The van der Waals surface area contributed by atoms with E-state index >= 15 is 0 Å². The first-order valence-electron chi connectivity index (χ1n) is 9.49. The van der Waals surface area contributed by atoms with Crippen LogP contribution in [0, 0.1) is 5.92 Å². The number of morpholine rings is 1. The first-order valence-corrected chi connectivity index (χ1v) is 9.49. The lowest BCUT2D eigenvalue weighted by molar-refractivity contribution is -0.0525. The molecule has 1 aliphatic heterocycles. The number of nitrogens with zero attached hydrogens (tertiary/aromatic N) is 4. The van der Waals surface area contributed by atoms with Crippen molar-refractivity contribution in [2.24, 2.45) is 5.92 Å². The molecule has 0 bridgehead atoms. The molecule has 2 fully saturated rings. The van der Waals surface area contributed by atoms with Gasteiger partial charge in [-0.15, -0.1) is 0 Å². The standard InChI is InChI=1S/C18H31N5O2/c1-18(2,3)23-16(20-13-21-23)11-19-17(24)22-9-10-25-15(12-22)14-7-5-4-6-8-14/h13-15H,4-12H2,1-3H3,(H,19,24)/t15-/m0/s1. The van der Waals surface area contributed by atoms with Gasteiger partial charge in [-0.25, -0.2) is 14.5 Å². The predicted octanol–water partition coefficient (Wildman–Crippen LogP) is 2.52. The third kappa shape index (κ3) is 4.51. The van der Waals surface area contributed by atoms with Crippen molar-refractivity contribution in [3.05, 3.63) is 12.2 Å². The van der Waals surface area contributed by atoms with Gasteiger partial charge in [-0.1, -0.05) is 19.3 Å². The zero-order valence-corrected chi connectivity index (χ0v) is 15.7. The highest BCUT2D eigenvalue weighted by Crippen LogP contribution is 2.29. The third-order valence-corrected chi connectivity index (χ3v) is 5.21. The second kappa shape index (κ2) is 7.72. The number of amides is 2. The quantitative estimate of drug-likeness (QED) is 0.910. The van der Waals surface area contributed by atoms with E-state index in [0.29, 0.717) is 32.2 Å². The first-order chi connectivity index (χ1) is 11.9. The summed E-state index contributed by atoms with van der Waals surface area (Å²) in [6, 6.07) is -0.0347. The number of carbonyl (C=O) groups is 1. The van der Waals surface area contributed by atoms with Crippen molar-refractivity contribution in [1.82, 2.24) is 25.0 Å². The minimum atomic E-state index is -0.151. The molecule has 2 amide bonds. The summed E-state index contributed by atoms with van der Waals surface area (Å²) in [6.45, 7) is 8.59. The van der Waals surface area contributed by atoms with Crippen LogP contribution in [0.3, 0.4) is 0 Å². The second-order valence-electron chi connectivity index (χ2n) is 8.17. The van der Waals surface area contributed by atoms with E-state index in [1.807, 2.05) is 9.58 Å². The predicted molar refractivity (Wildman–Crippen MR) is 95.1 cm³/mol. The number of carbonyl (C=O) groups excluding carboxylic acids is 1. The van der Waals surface area contributed by atoms with Gasteiger partial charge in [0, 0.05) is 13.1 Å². The van der Waals surface area contributed by atoms with E-state index in [2.05, 4.69) is 36.2 Å². The normalized spacial score (nSPS) is 22.8. The topological polar surface area (TPSA) is 72.3 Å². The van der Waals surface area contributed by atoms with E-state index in [1.54, 1.807) is 6.33 Å². The van der Waals surface area contributed by atoms with Gasteiger partial charge in [0.05, 0.1) is 24.8 Å². The number of hydrogen-bond donors (Lipinski definition) is 1. The van der Waals surface area contributed by atoms with Crippen LogP contribution in [0.25, 0.3) is 0 Å². The lowest BCUT2D eigenvalue weighted by Gasteiger charge is -2.38. The molecule has 2 aliphatic rings. The molecule has 25 heavy (non-hydrogen) atoms. The zero-order valence-electron chi connectivity index (χ0n) is 15.7. The Balaban J connectivity index is 1.53. The Morgan fingerprint density at radius 3 is 2.80 bits per heavy atom. The van der Waals surface area contributed by atoms with Crippen LogP contribution in [0.1, 0.15) is 58.7 Å². The summed E-state index contributed by atoms with van der Waals surface area (Å²) in [4.78, 5) is 18.8. The van der Waals surface area contributed by atoms with Gasteiger partial charge >= 0.3 is 6.03 Å². The molecular formula is C18H31N5O2. The molecule has 3 rings (SSSR count). The smallest absolute Gasteiger partial charge is 0.317 e. The van der Waals surface area contributed by atoms with Gasteiger partial charge in [-0.2, -0.15) is 5.10 Å². The fourth-order valence-corrected chi connectivity index (χ4v) is 3.86. The molecule has 1 aromatic heterocycles. The van der Waals surface area contributed by atoms with Crippen molar-refractivity contribution < 1.29 is 9.53 Å². The lowest BCUT2D eigenvalue weighted by atomic mass is 9.84. The molecule has 1 aliphatic carbocycles. The van der Waals surface area contributed by atoms with Crippen molar-refractivity contribution in [3.63, 3.8) is 0 Å². The van der Waals surface area contributed by atoms with Crippen molar-refractivity contribution in [2.75, 3.05) is 19.7 Å². The van der Waals surface area contributed by atoms with E-state index in [0.717, 1.165) is 5.82 Å². The van der Waals surface area contributed by atoms with Gasteiger partial charge in [-0.3, -0.25) is 0 Å². The summed E-state index contributed by atoms with van der Waals surface area (Å²) in [7, 11) is 0. The molecule has 0 radical (unpaired) electrons. The number of ether oxygens (including phenoxy) is 1. The Hall–Kier alpha value is -1.63. The van der Waals surface area contributed by atoms with Crippen molar-refractivity contribution in [3.8, 4) is 0 Å². The van der Waals surface area contributed by atoms with Crippen LogP contribution in [0.15, 0.2) is 6.33 Å². The van der Waals surface area contributed by atoms with Crippen LogP contribution >= 0.6 is 0 Å². The van der Waals surface area contributed by atoms with Gasteiger partial charge in [0.25, 0.3) is 0 Å². The van der Waals surface area contributed by atoms with Crippen LogP contribution in [-0.2, 0) is 16.8 Å². The summed E-state index contributed by atoms with van der Waals surface area (Å²) < 4.78 is 7.82. The van der Waals surface area contributed by atoms with Crippen LogP contribution < -0.4 is 5.32 Å². The highest BCUT2D eigenvalue weighted by atomic mass is 16.5. The maximum Gasteiger partial charge on any atom is 0.317 e. The fourth-order valence-electron chi connectivity index (χ4n) is 3.86. The molecule has 7 heteroatoms. The molecule has 1 aromatic rings. The van der Waals surface area contributed by atoms with Gasteiger partial charge in [-0.05, 0) is 39.5 Å². The van der Waals surface area contributed by atoms with E-state index in [-0.39, 0.29) is 17.7 Å². The summed E-state index contributed by atoms with van der Waals surface area (Å²) in [5.74, 6) is 1.38. The Bertz CT molecular complexity index is 574. The Kier molecular flexibility index (Phi) is 5.61. The summed E-state index contributed by atoms with van der Waals surface area (Å²) in [5.41, 5.74) is -0.151. The first kappa shape index (κ1) is 18.2. The van der Waals surface area contributed by atoms with E-state index < -0.39 is 0 Å². The molecule has 1 saturated carbocycles. The van der Waals surface area contributed by atoms with Gasteiger partial charge in [0.15, 0.2) is 0 Å². The molecule has 140 valence electrons. The van der Waals surface area contributed by atoms with Gasteiger partial charge < -0.3 is 15.0 Å².